The molecular weight excluding hydrogens is 236 g/mol. The highest BCUT2D eigenvalue weighted by atomic mass is 35.5. The van der Waals surface area contributed by atoms with E-state index >= 15 is 0 Å². The lowest BCUT2D eigenvalue weighted by molar-refractivity contribution is 0.373. The van der Waals surface area contributed by atoms with Crippen LogP contribution >= 0.6 is 11.6 Å². The van der Waals surface area contributed by atoms with Crippen molar-refractivity contribution in [2.45, 2.75) is 6.92 Å². The summed E-state index contributed by atoms with van der Waals surface area (Å²) < 4.78 is 5.00. The van der Waals surface area contributed by atoms with Gasteiger partial charge in [0.1, 0.15) is 0 Å². The first kappa shape index (κ1) is 11.8. The molecule has 0 aliphatic rings. The van der Waals surface area contributed by atoms with Crippen LogP contribution < -0.4 is 4.74 Å². The van der Waals surface area contributed by atoms with Crippen LogP contribution in [0.4, 0.5) is 0 Å². The molecule has 0 saturated heterocycles. The molecule has 0 heterocycles. The Balaban J connectivity index is 2.50. The van der Waals surface area contributed by atoms with E-state index in [1.165, 1.54) is 7.11 Å². The molecule has 0 saturated carbocycles. The van der Waals surface area contributed by atoms with E-state index in [1.54, 1.807) is 12.1 Å². The van der Waals surface area contributed by atoms with E-state index < -0.39 is 0 Å². The third-order valence-electron chi connectivity index (χ3n) is 2.61. The van der Waals surface area contributed by atoms with Crippen LogP contribution in [0.5, 0.6) is 11.5 Å². The second-order valence-corrected chi connectivity index (χ2v) is 4.28. The van der Waals surface area contributed by atoms with Gasteiger partial charge < -0.3 is 9.84 Å². The highest BCUT2D eigenvalue weighted by molar-refractivity contribution is 6.33. The topological polar surface area (TPSA) is 29.5 Å². The van der Waals surface area contributed by atoms with Crippen LogP contribution in [0.1, 0.15) is 5.56 Å². The Hall–Kier alpha value is -1.67. The first-order valence-electron chi connectivity index (χ1n) is 5.25. The standard InChI is InChI=1S/C14H13ClO2/c1-9-3-5-11(12(15)7-9)10-4-6-14(17-2)13(16)8-10/h3-8,16H,1-2H3. The molecular formula is C14H13ClO2. The van der Waals surface area contributed by atoms with Gasteiger partial charge in [0.05, 0.1) is 7.11 Å². The predicted molar refractivity (Wildman–Crippen MR) is 69.8 cm³/mol. The zero-order valence-corrected chi connectivity index (χ0v) is 10.5. The largest absolute Gasteiger partial charge is 0.504 e. The Kier molecular flexibility index (Phi) is 3.25. The second-order valence-electron chi connectivity index (χ2n) is 3.87. The van der Waals surface area contributed by atoms with Crippen molar-refractivity contribution in [2.75, 3.05) is 7.11 Å². The van der Waals surface area contributed by atoms with Crippen molar-refractivity contribution in [3.63, 3.8) is 0 Å². The van der Waals surface area contributed by atoms with E-state index in [9.17, 15) is 5.11 Å². The van der Waals surface area contributed by atoms with Crippen molar-refractivity contribution in [3.05, 3.63) is 47.0 Å². The highest BCUT2D eigenvalue weighted by Crippen LogP contribution is 2.34. The van der Waals surface area contributed by atoms with Crippen molar-refractivity contribution >= 4 is 11.6 Å². The number of hydrogen-bond donors (Lipinski definition) is 1. The van der Waals surface area contributed by atoms with Gasteiger partial charge in [0.2, 0.25) is 0 Å². The molecule has 0 fully saturated rings. The van der Waals surface area contributed by atoms with Crippen molar-refractivity contribution in [1.82, 2.24) is 0 Å². The third kappa shape index (κ3) is 2.37. The predicted octanol–water partition coefficient (Wildman–Crippen LogP) is 4.03. The number of phenols is 1. The lowest BCUT2D eigenvalue weighted by Crippen LogP contribution is -1.85. The normalized spacial score (nSPS) is 10.3. The maximum atomic E-state index is 9.73. The summed E-state index contributed by atoms with van der Waals surface area (Å²) in [5.41, 5.74) is 2.88. The monoisotopic (exact) mass is 248 g/mol. The molecule has 1 N–H and O–H groups in total. The molecule has 88 valence electrons. The highest BCUT2D eigenvalue weighted by Gasteiger charge is 2.07. The van der Waals surface area contributed by atoms with Gasteiger partial charge in [0.15, 0.2) is 11.5 Å². The maximum absolute atomic E-state index is 9.73. The van der Waals surface area contributed by atoms with Gasteiger partial charge in [0.25, 0.3) is 0 Å². The summed E-state index contributed by atoms with van der Waals surface area (Å²) in [4.78, 5) is 0. The van der Waals surface area contributed by atoms with Crippen LogP contribution in [0, 0.1) is 6.92 Å². The minimum atomic E-state index is 0.113. The fraction of sp³-hybridized carbons (Fsp3) is 0.143. The molecule has 0 aromatic heterocycles. The number of aromatic hydroxyl groups is 1. The quantitative estimate of drug-likeness (QED) is 0.870. The number of rotatable bonds is 2. The maximum Gasteiger partial charge on any atom is 0.160 e. The number of phenolic OH excluding ortho intramolecular Hbond substituents is 1. The number of hydrogen-bond acceptors (Lipinski definition) is 2. The average Bonchev–Trinajstić information content (AvgIpc) is 2.29. The molecule has 2 nitrogen and oxygen atoms in total. The molecule has 2 aromatic rings. The van der Waals surface area contributed by atoms with Gasteiger partial charge in [-0.1, -0.05) is 29.8 Å². The lowest BCUT2D eigenvalue weighted by Gasteiger charge is -2.08. The van der Waals surface area contributed by atoms with Crippen molar-refractivity contribution in [1.29, 1.82) is 0 Å². The van der Waals surface area contributed by atoms with E-state index in [-0.39, 0.29) is 5.75 Å². The summed E-state index contributed by atoms with van der Waals surface area (Å²) in [6.45, 7) is 1.99. The van der Waals surface area contributed by atoms with Gasteiger partial charge >= 0.3 is 0 Å². The van der Waals surface area contributed by atoms with Gasteiger partial charge in [-0.05, 0) is 36.2 Å². The summed E-state index contributed by atoms with van der Waals surface area (Å²) in [6, 6.07) is 11.1. The second kappa shape index (κ2) is 4.68. The number of halogens is 1. The molecule has 17 heavy (non-hydrogen) atoms. The summed E-state index contributed by atoms with van der Waals surface area (Å²) in [5.74, 6) is 0.568. The zero-order chi connectivity index (χ0) is 12.4. The van der Waals surface area contributed by atoms with Gasteiger partial charge in [-0.15, -0.1) is 0 Å². The summed E-state index contributed by atoms with van der Waals surface area (Å²) in [5, 5.41) is 10.4. The number of aryl methyl sites for hydroxylation is 1. The van der Waals surface area contributed by atoms with Gasteiger partial charge in [0, 0.05) is 10.6 Å². The van der Waals surface area contributed by atoms with E-state index in [0.717, 1.165) is 16.7 Å². The number of methoxy groups -OCH3 is 1. The summed E-state index contributed by atoms with van der Waals surface area (Å²) in [7, 11) is 1.52. The molecule has 0 radical (unpaired) electrons. The molecule has 0 aliphatic heterocycles. The molecule has 0 atom stereocenters. The van der Waals surface area contributed by atoms with Crippen LogP contribution in [0.25, 0.3) is 11.1 Å². The molecule has 0 spiro atoms. The van der Waals surface area contributed by atoms with Gasteiger partial charge in [-0.2, -0.15) is 0 Å². The Labute approximate surface area is 105 Å². The van der Waals surface area contributed by atoms with E-state index in [1.807, 2.05) is 31.2 Å². The van der Waals surface area contributed by atoms with Gasteiger partial charge in [-0.25, -0.2) is 0 Å². The molecule has 0 amide bonds. The minimum absolute atomic E-state index is 0.113. The molecule has 0 unspecified atom stereocenters. The van der Waals surface area contributed by atoms with E-state index in [2.05, 4.69) is 0 Å². The van der Waals surface area contributed by atoms with Crippen LogP contribution in [0.15, 0.2) is 36.4 Å². The molecule has 2 rings (SSSR count). The smallest absolute Gasteiger partial charge is 0.160 e. The van der Waals surface area contributed by atoms with Gasteiger partial charge in [-0.3, -0.25) is 0 Å². The van der Waals surface area contributed by atoms with Crippen LogP contribution in [0.2, 0.25) is 5.02 Å². The zero-order valence-electron chi connectivity index (χ0n) is 9.70. The Bertz CT molecular complexity index is 550. The van der Waals surface area contributed by atoms with Crippen molar-refractivity contribution < 1.29 is 9.84 Å². The SMILES string of the molecule is COc1ccc(-c2ccc(C)cc2Cl)cc1O. The van der Waals surface area contributed by atoms with Crippen LogP contribution in [-0.2, 0) is 0 Å². The fourth-order valence-corrected chi connectivity index (χ4v) is 2.06. The Morgan fingerprint density at radius 2 is 1.88 bits per heavy atom. The molecule has 0 bridgehead atoms. The van der Waals surface area contributed by atoms with Crippen LogP contribution in [-0.4, -0.2) is 12.2 Å². The third-order valence-corrected chi connectivity index (χ3v) is 2.93. The summed E-state index contributed by atoms with van der Waals surface area (Å²) in [6.07, 6.45) is 0. The first-order valence-corrected chi connectivity index (χ1v) is 5.63. The van der Waals surface area contributed by atoms with E-state index in [0.29, 0.717) is 10.8 Å². The van der Waals surface area contributed by atoms with Crippen molar-refractivity contribution in [3.8, 4) is 22.6 Å². The molecule has 3 heteroatoms. The number of ether oxygens (including phenoxy) is 1. The minimum Gasteiger partial charge on any atom is -0.504 e. The number of benzene rings is 2. The molecule has 0 aliphatic carbocycles. The molecule has 2 aromatic carbocycles. The van der Waals surface area contributed by atoms with Crippen LogP contribution in [0.3, 0.4) is 0 Å². The Morgan fingerprint density at radius 3 is 2.47 bits per heavy atom. The first-order chi connectivity index (χ1) is 8.11. The van der Waals surface area contributed by atoms with E-state index in [4.69, 9.17) is 16.3 Å². The fourth-order valence-electron chi connectivity index (χ4n) is 1.71. The van der Waals surface area contributed by atoms with Crippen molar-refractivity contribution in [2.24, 2.45) is 0 Å². The summed E-state index contributed by atoms with van der Waals surface area (Å²) >= 11 is 6.18. The Morgan fingerprint density at radius 1 is 1.12 bits per heavy atom. The average molecular weight is 249 g/mol. The lowest BCUT2D eigenvalue weighted by atomic mass is 10.0.